The van der Waals surface area contributed by atoms with E-state index >= 15 is 0 Å². The van der Waals surface area contributed by atoms with E-state index in [1.54, 1.807) is 25.3 Å². The number of hydrogen-bond acceptors (Lipinski definition) is 6. The minimum Gasteiger partial charge on any atom is -0.508 e. The van der Waals surface area contributed by atoms with Crippen LogP contribution < -0.4 is 14.8 Å². The SMILES string of the molecule is COc1ccc(C(O)CNCc2cc(O)ccc2O)cc1OC. The molecule has 0 saturated heterocycles. The molecule has 4 N–H and O–H groups in total. The first-order chi connectivity index (χ1) is 11.0. The Balaban J connectivity index is 1.97. The van der Waals surface area contributed by atoms with Crippen molar-refractivity contribution in [1.82, 2.24) is 5.32 Å². The standard InChI is InChI=1S/C17H21NO5/c1-22-16-6-3-11(8-17(16)23-2)15(21)10-18-9-12-7-13(19)4-5-14(12)20/h3-8,15,18-21H,9-10H2,1-2H3. The van der Waals surface area contributed by atoms with Crippen LogP contribution in [0.25, 0.3) is 0 Å². The van der Waals surface area contributed by atoms with E-state index in [0.717, 1.165) is 0 Å². The zero-order chi connectivity index (χ0) is 16.8. The molecule has 0 amide bonds. The van der Waals surface area contributed by atoms with Crippen LogP contribution >= 0.6 is 0 Å². The van der Waals surface area contributed by atoms with Crippen molar-refractivity contribution in [3.63, 3.8) is 0 Å². The van der Waals surface area contributed by atoms with Crippen LogP contribution in [0.4, 0.5) is 0 Å². The number of phenols is 2. The predicted molar refractivity (Wildman–Crippen MR) is 86.0 cm³/mol. The molecular formula is C17H21NO5. The van der Waals surface area contributed by atoms with E-state index in [-0.39, 0.29) is 18.0 Å². The van der Waals surface area contributed by atoms with Crippen molar-refractivity contribution in [3.05, 3.63) is 47.5 Å². The predicted octanol–water partition coefficient (Wildman–Crippen LogP) is 1.94. The average molecular weight is 319 g/mol. The molecule has 23 heavy (non-hydrogen) atoms. The Hall–Kier alpha value is -2.44. The second kappa shape index (κ2) is 7.71. The van der Waals surface area contributed by atoms with Crippen molar-refractivity contribution in [3.8, 4) is 23.0 Å². The van der Waals surface area contributed by atoms with Gasteiger partial charge in [-0.3, -0.25) is 0 Å². The average Bonchev–Trinajstić information content (AvgIpc) is 2.57. The van der Waals surface area contributed by atoms with Crippen molar-refractivity contribution in [1.29, 1.82) is 0 Å². The molecule has 124 valence electrons. The largest absolute Gasteiger partial charge is 0.508 e. The van der Waals surface area contributed by atoms with Gasteiger partial charge in [0, 0.05) is 18.7 Å². The van der Waals surface area contributed by atoms with Crippen LogP contribution in [0, 0.1) is 0 Å². The number of rotatable bonds is 7. The van der Waals surface area contributed by atoms with Gasteiger partial charge in [0.15, 0.2) is 11.5 Å². The Morgan fingerprint density at radius 1 is 1.00 bits per heavy atom. The molecule has 0 saturated carbocycles. The lowest BCUT2D eigenvalue weighted by Crippen LogP contribution is -2.21. The van der Waals surface area contributed by atoms with Crippen molar-refractivity contribution in [2.45, 2.75) is 12.6 Å². The van der Waals surface area contributed by atoms with Gasteiger partial charge in [0.2, 0.25) is 0 Å². The Morgan fingerprint density at radius 2 is 1.74 bits per heavy atom. The summed E-state index contributed by atoms with van der Waals surface area (Å²) in [6.07, 6.45) is -0.741. The molecule has 0 aliphatic heterocycles. The van der Waals surface area contributed by atoms with E-state index in [0.29, 0.717) is 29.2 Å². The molecule has 2 aromatic carbocycles. The highest BCUT2D eigenvalue weighted by atomic mass is 16.5. The summed E-state index contributed by atoms with van der Waals surface area (Å²) in [7, 11) is 3.09. The number of aliphatic hydroxyl groups is 1. The molecule has 1 atom stereocenters. The van der Waals surface area contributed by atoms with Crippen molar-refractivity contribution in [2.24, 2.45) is 0 Å². The summed E-state index contributed by atoms with van der Waals surface area (Å²) in [6.45, 7) is 0.606. The molecule has 0 spiro atoms. The maximum atomic E-state index is 10.2. The smallest absolute Gasteiger partial charge is 0.161 e. The van der Waals surface area contributed by atoms with Gasteiger partial charge in [-0.2, -0.15) is 0 Å². The van der Waals surface area contributed by atoms with E-state index in [9.17, 15) is 15.3 Å². The molecule has 6 nitrogen and oxygen atoms in total. The van der Waals surface area contributed by atoms with E-state index in [1.807, 2.05) is 0 Å². The van der Waals surface area contributed by atoms with Gasteiger partial charge in [0.05, 0.1) is 20.3 Å². The number of aromatic hydroxyl groups is 2. The van der Waals surface area contributed by atoms with Crippen LogP contribution in [-0.4, -0.2) is 36.1 Å². The normalized spacial score (nSPS) is 12.0. The number of ether oxygens (including phenoxy) is 2. The molecule has 1 unspecified atom stereocenters. The van der Waals surface area contributed by atoms with E-state index < -0.39 is 6.10 Å². The van der Waals surface area contributed by atoms with Gasteiger partial charge in [-0.1, -0.05) is 6.07 Å². The van der Waals surface area contributed by atoms with Gasteiger partial charge < -0.3 is 30.1 Å². The van der Waals surface area contributed by atoms with Crippen LogP contribution in [0.15, 0.2) is 36.4 Å². The van der Waals surface area contributed by atoms with Gasteiger partial charge in [-0.25, -0.2) is 0 Å². The van der Waals surface area contributed by atoms with Crippen LogP contribution in [0.1, 0.15) is 17.2 Å². The number of methoxy groups -OCH3 is 2. The summed E-state index contributed by atoms with van der Waals surface area (Å²) in [5.74, 6) is 1.33. The van der Waals surface area contributed by atoms with Crippen LogP contribution in [-0.2, 0) is 6.54 Å². The third-order valence-electron chi connectivity index (χ3n) is 3.51. The molecular weight excluding hydrogens is 298 g/mol. The minimum atomic E-state index is -0.741. The second-order valence-corrected chi connectivity index (χ2v) is 5.07. The molecule has 0 fully saturated rings. The molecule has 2 rings (SSSR count). The maximum Gasteiger partial charge on any atom is 0.161 e. The number of hydrogen-bond donors (Lipinski definition) is 4. The summed E-state index contributed by atoms with van der Waals surface area (Å²) >= 11 is 0. The topological polar surface area (TPSA) is 91.2 Å². The number of phenolic OH excluding ortho intramolecular Hbond substituents is 2. The quantitative estimate of drug-likeness (QED) is 0.583. The van der Waals surface area contributed by atoms with Gasteiger partial charge in [-0.15, -0.1) is 0 Å². The lowest BCUT2D eigenvalue weighted by atomic mass is 10.1. The zero-order valence-electron chi connectivity index (χ0n) is 13.1. The number of benzene rings is 2. The fourth-order valence-corrected chi connectivity index (χ4v) is 2.23. The Bertz CT molecular complexity index is 659. The lowest BCUT2D eigenvalue weighted by Gasteiger charge is -2.15. The van der Waals surface area contributed by atoms with E-state index in [2.05, 4.69) is 5.32 Å². The summed E-state index contributed by atoms with van der Waals surface area (Å²) in [5, 5.41) is 32.4. The highest BCUT2D eigenvalue weighted by Crippen LogP contribution is 2.30. The fourth-order valence-electron chi connectivity index (χ4n) is 2.23. The molecule has 0 bridgehead atoms. The summed E-state index contributed by atoms with van der Waals surface area (Å²) < 4.78 is 10.4. The third-order valence-corrected chi connectivity index (χ3v) is 3.51. The van der Waals surface area contributed by atoms with Gasteiger partial charge in [0.1, 0.15) is 11.5 Å². The van der Waals surface area contributed by atoms with Crippen molar-refractivity contribution >= 4 is 0 Å². The Morgan fingerprint density at radius 3 is 2.43 bits per heavy atom. The number of nitrogens with one attached hydrogen (secondary N) is 1. The highest BCUT2D eigenvalue weighted by molar-refractivity contribution is 5.43. The van der Waals surface area contributed by atoms with Crippen LogP contribution in [0.3, 0.4) is 0 Å². The monoisotopic (exact) mass is 319 g/mol. The molecule has 0 heterocycles. The van der Waals surface area contributed by atoms with Gasteiger partial charge in [-0.05, 0) is 35.9 Å². The van der Waals surface area contributed by atoms with E-state index in [4.69, 9.17) is 9.47 Å². The lowest BCUT2D eigenvalue weighted by molar-refractivity contribution is 0.173. The minimum absolute atomic E-state index is 0.0834. The van der Waals surface area contributed by atoms with Crippen molar-refractivity contribution < 1.29 is 24.8 Å². The maximum absolute atomic E-state index is 10.2. The summed E-state index contributed by atoms with van der Waals surface area (Å²) in [6, 6.07) is 9.54. The molecule has 0 aliphatic carbocycles. The zero-order valence-corrected chi connectivity index (χ0v) is 13.1. The molecule has 6 heteroatoms. The fraction of sp³-hybridized carbons (Fsp3) is 0.294. The Labute approximate surface area is 134 Å². The summed E-state index contributed by atoms with van der Waals surface area (Å²) in [4.78, 5) is 0. The third kappa shape index (κ3) is 4.28. The first-order valence-corrected chi connectivity index (χ1v) is 7.16. The number of aliphatic hydroxyl groups excluding tert-OH is 1. The Kier molecular flexibility index (Phi) is 5.67. The molecule has 0 aromatic heterocycles. The van der Waals surface area contributed by atoms with E-state index in [1.165, 1.54) is 25.3 Å². The van der Waals surface area contributed by atoms with Crippen LogP contribution in [0.5, 0.6) is 23.0 Å². The molecule has 0 radical (unpaired) electrons. The second-order valence-electron chi connectivity index (χ2n) is 5.07. The van der Waals surface area contributed by atoms with Crippen LogP contribution in [0.2, 0.25) is 0 Å². The molecule has 0 aliphatic rings. The van der Waals surface area contributed by atoms with Gasteiger partial charge in [0.25, 0.3) is 0 Å². The summed E-state index contributed by atoms with van der Waals surface area (Å²) in [5.41, 5.74) is 1.25. The highest BCUT2D eigenvalue weighted by Gasteiger charge is 2.12. The van der Waals surface area contributed by atoms with Crippen molar-refractivity contribution in [2.75, 3.05) is 20.8 Å². The first kappa shape index (κ1) is 16.9. The van der Waals surface area contributed by atoms with Gasteiger partial charge >= 0.3 is 0 Å². The first-order valence-electron chi connectivity index (χ1n) is 7.16. The molecule has 2 aromatic rings.